The number of amides is 1. The first-order valence-electron chi connectivity index (χ1n) is 9.53. The van der Waals surface area contributed by atoms with Crippen molar-refractivity contribution in [3.63, 3.8) is 0 Å². The third-order valence-electron chi connectivity index (χ3n) is 4.72. The van der Waals surface area contributed by atoms with Crippen molar-refractivity contribution < 1.29 is 13.9 Å². The maximum Gasteiger partial charge on any atom is 0.262 e. The van der Waals surface area contributed by atoms with Gasteiger partial charge in [0.2, 0.25) is 5.88 Å². The van der Waals surface area contributed by atoms with Gasteiger partial charge in [-0.1, -0.05) is 23.8 Å². The third kappa shape index (κ3) is 4.00. The van der Waals surface area contributed by atoms with Gasteiger partial charge in [0.05, 0.1) is 11.4 Å². The maximum absolute atomic E-state index is 13.3. The van der Waals surface area contributed by atoms with Gasteiger partial charge in [0.15, 0.2) is 12.3 Å². The Bertz CT molecular complexity index is 1230. The molecule has 4 rings (SSSR count). The molecule has 2 heterocycles. The standard InChI is InChI=1S/C23H21FN4O2/c1-14-7-9-19(10-8-14)28-23-22(16(3)27-28)15(2)11-21(26-23)30-13-20(29)25-18-6-4-5-17(24)12-18/h4-12H,13H2,1-3H3,(H,25,29). The fraction of sp³-hybridized carbons (Fsp3) is 0.174. The van der Waals surface area contributed by atoms with Crippen LogP contribution in [0.5, 0.6) is 5.88 Å². The molecule has 2 aromatic carbocycles. The van der Waals surface area contributed by atoms with Gasteiger partial charge in [-0.2, -0.15) is 10.1 Å². The van der Waals surface area contributed by atoms with Crippen LogP contribution in [0.1, 0.15) is 16.8 Å². The van der Waals surface area contributed by atoms with Gasteiger partial charge >= 0.3 is 0 Å². The summed E-state index contributed by atoms with van der Waals surface area (Å²) in [6, 6.07) is 15.5. The molecule has 6 nitrogen and oxygen atoms in total. The summed E-state index contributed by atoms with van der Waals surface area (Å²) in [6.07, 6.45) is 0. The molecule has 2 aromatic heterocycles. The number of nitrogens with one attached hydrogen (secondary N) is 1. The first-order chi connectivity index (χ1) is 14.4. The zero-order chi connectivity index (χ0) is 21.3. The van der Waals surface area contributed by atoms with Crippen LogP contribution in [0, 0.1) is 26.6 Å². The number of aryl methyl sites for hydroxylation is 3. The summed E-state index contributed by atoms with van der Waals surface area (Å²) in [6.45, 7) is 5.68. The van der Waals surface area contributed by atoms with E-state index in [4.69, 9.17) is 4.74 Å². The van der Waals surface area contributed by atoms with Crippen molar-refractivity contribution >= 4 is 22.6 Å². The Morgan fingerprint density at radius 2 is 1.87 bits per heavy atom. The van der Waals surface area contributed by atoms with Crippen molar-refractivity contribution in [3.8, 4) is 11.6 Å². The highest BCUT2D eigenvalue weighted by molar-refractivity contribution is 5.92. The van der Waals surface area contributed by atoms with E-state index in [2.05, 4.69) is 15.4 Å². The van der Waals surface area contributed by atoms with E-state index >= 15 is 0 Å². The fourth-order valence-corrected chi connectivity index (χ4v) is 3.32. The first kappa shape index (κ1) is 19.6. The molecule has 0 saturated carbocycles. The SMILES string of the molecule is Cc1ccc(-n2nc(C)c3c(C)cc(OCC(=O)Nc4cccc(F)c4)nc32)cc1. The van der Waals surface area contributed by atoms with Crippen LogP contribution in [-0.4, -0.2) is 27.3 Å². The van der Waals surface area contributed by atoms with Crippen LogP contribution in [0.3, 0.4) is 0 Å². The monoisotopic (exact) mass is 404 g/mol. The molecule has 7 heteroatoms. The molecule has 0 spiro atoms. The normalized spacial score (nSPS) is 10.9. The predicted molar refractivity (Wildman–Crippen MR) is 114 cm³/mol. The van der Waals surface area contributed by atoms with E-state index in [1.54, 1.807) is 16.8 Å². The molecule has 4 aromatic rings. The summed E-state index contributed by atoms with van der Waals surface area (Å²) in [7, 11) is 0. The van der Waals surface area contributed by atoms with E-state index < -0.39 is 11.7 Å². The number of nitrogens with zero attached hydrogens (tertiary/aromatic N) is 3. The highest BCUT2D eigenvalue weighted by Gasteiger charge is 2.15. The van der Waals surface area contributed by atoms with Crippen molar-refractivity contribution in [3.05, 3.63) is 77.2 Å². The number of aromatic nitrogens is 3. The lowest BCUT2D eigenvalue weighted by atomic mass is 10.1. The second-order valence-corrected chi connectivity index (χ2v) is 7.16. The van der Waals surface area contributed by atoms with Crippen molar-refractivity contribution in [2.45, 2.75) is 20.8 Å². The Kier molecular flexibility index (Phi) is 5.18. The fourth-order valence-electron chi connectivity index (χ4n) is 3.32. The van der Waals surface area contributed by atoms with E-state index in [9.17, 15) is 9.18 Å². The molecule has 0 unspecified atom stereocenters. The number of rotatable bonds is 5. The zero-order valence-electron chi connectivity index (χ0n) is 16.9. The molecule has 0 fully saturated rings. The van der Waals surface area contributed by atoms with Gasteiger partial charge < -0.3 is 10.1 Å². The van der Waals surface area contributed by atoms with Crippen molar-refractivity contribution in [2.75, 3.05) is 11.9 Å². The number of halogens is 1. The Morgan fingerprint density at radius 1 is 1.10 bits per heavy atom. The zero-order valence-corrected chi connectivity index (χ0v) is 16.9. The van der Waals surface area contributed by atoms with Crippen molar-refractivity contribution in [2.24, 2.45) is 0 Å². The summed E-state index contributed by atoms with van der Waals surface area (Å²) in [5, 5.41) is 8.19. The minimum atomic E-state index is -0.420. The molecular formula is C23H21FN4O2. The summed E-state index contributed by atoms with van der Waals surface area (Å²) >= 11 is 0. The Balaban J connectivity index is 1.58. The molecule has 1 amide bonds. The summed E-state index contributed by atoms with van der Waals surface area (Å²) < 4.78 is 20.7. The number of fused-ring (bicyclic) bond motifs is 1. The molecule has 0 aliphatic rings. The summed E-state index contributed by atoms with van der Waals surface area (Å²) in [5.74, 6) is -0.498. The first-order valence-corrected chi connectivity index (χ1v) is 9.53. The minimum Gasteiger partial charge on any atom is -0.467 e. The lowest BCUT2D eigenvalue weighted by molar-refractivity contribution is -0.118. The number of ether oxygens (including phenoxy) is 1. The highest BCUT2D eigenvalue weighted by Crippen LogP contribution is 2.26. The molecule has 152 valence electrons. The average Bonchev–Trinajstić information content (AvgIpc) is 3.04. The molecule has 0 saturated heterocycles. The number of carbonyl (C=O) groups is 1. The van der Waals surface area contributed by atoms with Crippen LogP contribution in [0.25, 0.3) is 16.7 Å². The Labute approximate surface area is 173 Å². The van der Waals surface area contributed by atoms with E-state index in [0.717, 1.165) is 27.9 Å². The minimum absolute atomic E-state index is 0.244. The van der Waals surface area contributed by atoms with Crippen molar-refractivity contribution in [1.29, 1.82) is 0 Å². The lowest BCUT2D eigenvalue weighted by Gasteiger charge is -2.09. The lowest BCUT2D eigenvalue weighted by Crippen LogP contribution is -2.20. The highest BCUT2D eigenvalue weighted by atomic mass is 19.1. The number of anilines is 1. The van der Waals surface area contributed by atoms with Crippen LogP contribution in [0.4, 0.5) is 10.1 Å². The van der Waals surface area contributed by atoms with Crippen LogP contribution in [0.15, 0.2) is 54.6 Å². The molecule has 30 heavy (non-hydrogen) atoms. The second-order valence-electron chi connectivity index (χ2n) is 7.16. The summed E-state index contributed by atoms with van der Waals surface area (Å²) in [4.78, 5) is 16.8. The van der Waals surface area contributed by atoms with Gasteiger partial charge in [-0.05, 0) is 56.7 Å². The van der Waals surface area contributed by atoms with Crippen molar-refractivity contribution in [1.82, 2.24) is 14.8 Å². The smallest absolute Gasteiger partial charge is 0.262 e. The van der Waals surface area contributed by atoms with Crippen LogP contribution >= 0.6 is 0 Å². The Morgan fingerprint density at radius 3 is 2.60 bits per heavy atom. The maximum atomic E-state index is 13.3. The van der Waals surface area contributed by atoms with Gasteiger partial charge in [-0.3, -0.25) is 4.79 Å². The van der Waals surface area contributed by atoms with Gasteiger partial charge in [0.25, 0.3) is 5.91 Å². The number of hydrogen-bond acceptors (Lipinski definition) is 4. The predicted octanol–water partition coefficient (Wildman–Crippen LogP) is 4.50. The van der Waals surface area contributed by atoms with E-state index in [-0.39, 0.29) is 6.61 Å². The number of carbonyl (C=O) groups excluding carboxylic acids is 1. The van der Waals surface area contributed by atoms with Gasteiger partial charge in [-0.15, -0.1) is 0 Å². The van der Waals surface area contributed by atoms with E-state index in [1.807, 2.05) is 45.0 Å². The van der Waals surface area contributed by atoms with E-state index in [1.165, 1.54) is 18.2 Å². The average molecular weight is 404 g/mol. The molecule has 0 radical (unpaired) electrons. The molecule has 0 aliphatic carbocycles. The summed E-state index contributed by atoms with van der Waals surface area (Å²) in [5.41, 5.74) is 4.91. The van der Waals surface area contributed by atoms with Gasteiger partial charge in [-0.25, -0.2) is 9.07 Å². The topological polar surface area (TPSA) is 69.0 Å². The number of benzene rings is 2. The van der Waals surface area contributed by atoms with Crippen LogP contribution in [0.2, 0.25) is 0 Å². The van der Waals surface area contributed by atoms with Gasteiger partial charge in [0.1, 0.15) is 5.82 Å². The molecule has 0 aliphatic heterocycles. The second kappa shape index (κ2) is 7.94. The molecule has 1 N–H and O–H groups in total. The molecule has 0 atom stereocenters. The molecular weight excluding hydrogens is 383 g/mol. The quantitative estimate of drug-likeness (QED) is 0.532. The third-order valence-corrected chi connectivity index (χ3v) is 4.72. The number of pyridine rings is 1. The van der Waals surface area contributed by atoms with Crippen LogP contribution in [-0.2, 0) is 4.79 Å². The Hall–Kier alpha value is -3.74. The number of hydrogen-bond donors (Lipinski definition) is 1. The van der Waals surface area contributed by atoms with Crippen LogP contribution < -0.4 is 10.1 Å². The van der Waals surface area contributed by atoms with E-state index in [0.29, 0.717) is 17.2 Å². The largest absolute Gasteiger partial charge is 0.467 e. The van der Waals surface area contributed by atoms with Gasteiger partial charge in [0, 0.05) is 17.1 Å². The molecule has 0 bridgehead atoms.